The van der Waals surface area contributed by atoms with Crippen molar-refractivity contribution in [1.29, 1.82) is 5.41 Å². The van der Waals surface area contributed by atoms with Crippen LogP contribution in [0.4, 0.5) is 0 Å². The molecule has 0 saturated heterocycles. The van der Waals surface area contributed by atoms with E-state index in [4.69, 9.17) is 5.41 Å². The van der Waals surface area contributed by atoms with Crippen molar-refractivity contribution in [3.63, 3.8) is 0 Å². The summed E-state index contributed by atoms with van der Waals surface area (Å²) in [5, 5.41) is 6.63. The zero-order chi connectivity index (χ0) is 9.35. The molecule has 6 nitrogen and oxygen atoms in total. The molecular formula is C5H5N3O3S. The summed E-state index contributed by atoms with van der Waals surface area (Å²) in [7, 11) is -2.77. The second-order valence-electron chi connectivity index (χ2n) is 2.02. The number of rotatable bonds is 0. The van der Waals surface area contributed by atoms with Crippen molar-refractivity contribution < 1.29 is 13.2 Å². The summed E-state index contributed by atoms with van der Waals surface area (Å²) in [5.74, 6) is 0.992. The topological polar surface area (TPSA) is 90.7 Å². The van der Waals surface area contributed by atoms with E-state index < -0.39 is 16.1 Å². The molecule has 0 spiro atoms. The maximum absolute atomic E-state index is 11.0. The summed E-state index contributed by atoms with van der Waals surface area (Å²) < 4.78 is 25.3. The van der Waals surface area contributed by atoms with Crippen molar-refractivity contribution in [1.82, 2.24) is 4.31 Å². The molecule has 1 rings (SSSR count). The number of hydrogen-bond donors (Lipinski definition) is 1. The predicted octanol–water partition coefficient (Wildman–Crippen LogP) is -1.05. The number of likely N-dealkylation sites (N-methyl/N-ethyl adjacent to an activating group) is 1. The fourth-order valence-electron chi connectivity index (χ4n) is 0.605. The summed E-state index contributed by atoms with van der Waals surface area (Å²) in [6.07, 6.45) is 0.810. The maximum Gasteiger partial charge on any atom is 0.346 e. The van der Waals surface area contributed by atoms with Gasteiger partial charge in [-0.15, -0.1) is 0 Å². The third-order valence-electron chi connectivity index (χ3n) is 1.31. The Bertz CT molecular complexity index is 402. The minimum Gasteiger partial charge on any atom is -0.267 e. The first kappa shape index (κ1) is 8.63. The number of carbonyl (C=O) groups excluding carboxylic acids is 1. The van der Waals surface area contributed by atoms with Gasteiger partial charge in [0.2, 0.25) is 0 Å². The molecule has 0 atom stereocenters. The average molecular weight is 187 g/mol. The number of hydrogen-bond acceptors (Lipinski definition) is 4. The zero-order valence-corrected chi connectivity index (χ0v) is 6.92. The molecule has 0 aliphatic carbocycles. The van der Waals surface area contributed by atoms with Crippen LogP contribution in [0.25, 0.3) is 0 Å². The van der Waals surface area contributed by atoms with Gasteiger partial charge >= 0.3 is 10.2 Å². The zero-order valence-electron chi connectivity index (χ0n) is 6.10. The number of nitrogens with one attached hydrogen (secondary N) is 1. The average Bonchev–Trinajstić information content (AvgIpc) is 2.01. The Balaban J connectivity index is 3.35. The van der Waals surface area contributed by atoms with Gasteiger partial charge in [-0.2, -0.15) is 12.8 Å². The Morgan fingerprint density at radius 2 is 2.25 bits per heavy atom. The van der Waals surface area contributed by atoms with Gasteiger partial charge in [-0.05, 0) is 5.87 Å². The minimum absolute atomic E-state index is 0.174. The van der Waals surface area contributed by atoms with E-state index in [0.29, 0.717) is 4.31 Å². The Morgan fingerprint density at radius 3 is 2.75 bits per heavy atom. The molecule has 1 N–H and O–H groups in total. The Morgan fingerprint density at radius 1 is 1.67 bits per heavy atom. The summed E-state index contributed by atoms with van der Waals surface area (Å²) in [6, 6.07) is 0. The van der Waals surface area contributed by atoms with Gasteiger partial charge in [0, 0.05) is 7.05 Å². The van der Waals surface area contributed by atoms with Gasteiger partial charge in [0.05, 0.1) is 6.21 Å². The standard InChI is InChI=1S/C5H5N3O3S/c1-8-5(9)4(2-6)3-7-12(8,10)11/h3,6H,1H3. The lowest BCUT2D eigenvalue weighted by Crippen LogP contribution is -2.36. The lowest BCUT2D eigenvalue weighted by atomic mass is 10.3. The minimum atomic E-state index is -3.84. The van der Waals surface area contributed by atoms with Crippen LogP contribution >= 0.6 is 0 Å². The van der Waals surface area contributed by atoms with Crippen molar-refractivity contribution in [2.24, 2.45) is 4.40 Å². The van der Waals surface area contributed by atoms with Crippen LogP contribution in [0.15, 0.2) is 9.97 Å². The van der Waals surface area contributed by atoms with Gasteiger partial charge in [0.25, 0.3) is 5.91 Å². The van der Waals surface area contributed by atoms with Crippen molar-refractivity contribution in [2.75, 3.05) is 7.05 Å². The van der Waals surface area contributed by atoms with Gasteiger partial charge < -0.3 is 0 Å². The van der Waals surface area contributed by atoms with Crippen molar-refractivity contribution in [3.05, 3.63) is 5.57 Å². The van der Waals surface area contributed by atoms with Crippen LogP contribution in [0.5, 0.6) is 0 Å². The van der Waals surface area contributed by atoms with E-state index in [-0.39, 0.29) is 5.57 Å². The van der Waals surface area contributed by atoms with Crippen molar-refractivity contribution in [2.45, 2.75) is 0 Å². The van der Waals surface area contributed by atoms with Gasteiger partial charge in [-0.25, -0.2) is 4.31 Å². The predicted molar refractivity (Wildman–Crippen MR) is 41.4 cm³/mol. The van der Waals surface area contributed by atoms with Crippen LogP contribution in [0.3, 0.4) is 0 Å². The van der Waals surface area contributed by atoms with Gasteiger partial charge in [0.15, 0.2) is 0 Å². The monoisotopic (exact) mass is 187 g/mol. The Hall–Kier alpha value is -1.46. The molecule has 0 fully saturated rings. The highest BCUT2D eigenvalue weighted by Crippen LogP contribution is 2.09. The molecule has 0 aromatic rings. The van der Waals surface area contributed by atoms with E-state index in [1.165, 1.54) is 0 Å². The maximum atomic E-state index is 11.0. The summed E-state index contributed by atoms with van der Waals surface area (Å²) in [4.78, 5) is 11.0. The molecule has 12 heavy (non-hydrogen) atoms. The van der Waals surface area contributed by atoms with E-state index in [0.717, 1.165) is 13.3 Å². The van der Waals surface area contributed by atoms with Gasteiger partial charge in [-0.3, -0.25) is 10.2 Å². The second kappa shape index (κ2) is 2.54. The number of carbonyl (C=O) groups is 1. The first-order chi connectivity index (χ1) is 5.49. The molecule has 64 valence electrons. The quantitative estimate of drug-likeness (QED) is 0.387. The molecule has 0 saturated carbocycles. The van der Waals surface area contributed by atoms with E-state index in [2.05, 4.69) is 4.40 Å². The lowest BCUT2D eigenvalue weighted by Gasteiger charge is -2.16. The highest BCUT2D eigenvalue weighted by Gasteiger charge is 2.28. The van der Waals surface area contributed by atoms with Crippen molar-refractivity contribution in [3.8, 4) is 0 Å². The molecule has 0 aromatic carbocycles. The molecular weight excluding hydrogens is 182 g/mol. The highest BCUT2D eigenvalue weighted by atomic mass is 32.2. The largest absolute Gasteiger partial charge is 0.346 e. The van der Waals surface area contributed by atoms with Crippen LogP contribution in [-0.2, 0) is 15.0 Å². The molecule has 0 unspecified atom stereocenters. The fourth-order valence-corrected chi connectivity index (χ4v) is 1.29. The number of nitrogens with zero attached hydrogens (tertiary/aromatic N) is 2. The van der Waals surface area contributed by atoms with E-state index in [9.17, 15) is 13.2 Å². The normalized spacial score (nSPS) is 20.9. The summed E-state index contributed by atoms with van der Waals surface area (Å²) in [6.45, 7) is 0. The van der Waals surface area contributed by atoms with Crippen LogP contribution < -0.4 is 0 Å². The SMILES string of the molecule is CN1C(=O)C(=C=N)C=NS1(=O)=O. The molecule has 1 heterocycles. The van der Waals surface area contributed by atoms with E-state index in [1.807, 2.05) is 0 Å². The molecule has 7 heteroatoms. The molecule has 1 aliphatic rings. The smallest absolute Gasteiger partial charge is 0.267 e. The number of amides is 1. The lowest BCUT2D eigenvalue weighted by molar-refractivity contribution is -0.121. The van der Waals surface area contributed by atoms with E-state index >= 15 is 0 Å². The Kier molecular flexibility index (Phi) is 1.83. The van der Waals surface area contributed by atoms with Crippen molar-refractivity contribution >= 4 is 28.2 Å². The molecule has 0 radical (unpaired) electrons. The molecule has 0 bridgehead atoms. The van der Waals surface area contributed by atoms with Crippen LogP contribution in [0.1, 0.15) is 0 Å². The van der Waals surface area contributed by atoms with Crippen LogP contribution in [0, 0.1) is 5.41 Å². The first-order valence-electron chi connectivity index (χ1n) is 2.87. The second-order valence-corrected chi connectivity index (χ2v) is 3.68. The molecule has 1 amide bonds. The highest BCUT2D eigenvalue weighted by molar-refractivity contribution is 7.88. The summed E-state index contributed by atoms with van der Waals surface area (Å²) in [5.41, 5.74) is -0.174. The van der Waals surface area contributed by atoms with Gasteiger partial charge in [-0.1, -0.05) is 0 Å². The third-order valence-corrected chi connectivity index (χ3v) is 2.54. The Labute approximate surface area is 68.9 Å². The van der Waals surface area contributed by atoms with Gasteiger partial charge in [0.1, 0.15) is 5.57 Å². The fraction of sp³-hybridized carbons (Fsp3) is 0.200. The molecule has 1 aliphatic heterocycles. The van der Waals surface area contributed by atoms with Crippen LogP contribution in [-0.4, -0.2) is 37.8 Å². The third kappa shape index (κ3) is 1.15. The molecule has 0 aromatic heterocycles. The van der Waals surface area contributed by atoms with E-state index in [1.54, 1.807) is 5.87 Å². The van der Waals surface area contributed by atoms with Crippen LogP contribution in [0.2, 0.25) is 0 Å². The summed E-state index contributed by atoms with van der Waals surface area (Å²) >= 11 is 0. The first-order valence-corrected chi connectivity index (χ1v) is 4.27.